The summed E-state index contributed by atoms with van der Waals surface area (Å²) < 4.78 is 13.0. The van der Waals surface area contributed by atoms with Crippen molar-refractivity contribution in [2.75, 3.05) is 13.2 Å². The lowest BCUT2D eigenvalue weighted by molar-refractivity contribution is 0.288. The van der Waals surface area contributed by atoms with Crippen LogP contribution in [0.2, 0.25) is 0 Å². The molecule has 2 nitrogen and oxygen atoms in total. The van der Waals surface area contributed by atoms with Gasteiger partial charge in [-0.3, -0.25) is 0 Å². The maximum atomic E-state index is 13.0. The van der Waals surface area contributed by atoms with Crippen molar-refractivity contribution in [3.63, 3.8) is 0 Å². The van der Waals surface area contributed by atoms with Crippen molar-refractivity contribution in [2.24, 2.45) is 0 Å². The zero-order chi connectivity index (χ0) is 10.2. The van der Waals surface area contributed by atoms with E-state index in [4.69, 9.17) is 5.11 Å². The molecule has 0 radical (unpaired) electrons. The van der Waals surface area contributed by atoms with Gasteiger partial charge in [-0.1, -0.05) is 11.6 Å². The number of allylic oxidation sites excluding steroid dienone is 4. The highest BCUT2D eigenvalue weighted by molar-refractivity contribution is 5.18. The first kappa shape index (κ1) is 11.0. The van der Waals surface area contributed by atoms with E-state index in [0.717, 1.165) is 18.4 Å². The maximum absolute atomic E-state index is 13.0. The number of aliphatic hydroxyl groups excluding tert-OH is 1. The summed E-state index contributed by atoms with van der Waals surface area (Å²) in [5.41, 5.74) is 1.12. The Balaban J connectivity index is 2.53. The molecule has 1 aliphatic heterocycles. The van der Waals surface area contributed by atoms with Crippen molar-refractivity contribution in [3.8, 4) is 0 Å². The van der Waals surface area contributed by atoms with Crippen LogP contribution in [-0.4, -0.2) is 18.3 Å². The predicted octanol–water partition coefficient (Wildman–Crippen LogP) is 2.05. The van der Waals surface area contributed by atoms with E-state index in [1.54, 1.807) is 12.2 Å². The molecule has 0 aromatic heterocycles. The molecule has 0 unspecified atom stereocenters. The third kappa shape index (κ3) is 4.23. The number of hydrogen-bond acceptors (Lipinski definition) is 2. The van der Waals surface area contributed by atoms with Gasteiger partial charge >= 0.3 is 0 Å². The molecule has 2 N–H and O–H groups in total. The van der Waals surface area contributed by atoms with E-state index in [2.05, 4.69) is 5.32 Å². The number of halogens is 1. The molecule has 0 spiro atoms. The summed E-state index contributed by atoms with van der Waals surface area (Å²) in [5, 5.41) is 11.8. The Morgan fingerprint density at radius 3 is 3.14 bits per heavy atom. The van der Waals surface area contributed by atoms with Crippen LogP contribution in [0.3, 0.4) is 0 Å². The Labute approximate surface area is 83.8 Å². The molecule has 0 amide bonds. The third-order valence-electron chi connectivity index (χ3n) is 2.03. The number of hydrogen-bond donors (Lipinski definition) is 2. The Hall–Kier alpha value is -1.09. The van der Waals surface area contributed by atoms with E-state index in [1.165, 1.54) is 6.08 Å². The topological polar surface area (TPSA) is 32.3 Å². The van der Waals surface area contributed by atoms with Gasteiger partial charge in [0, 0.05) is 13.2 Å². The molecule has 1 rings (SSSR count). The van der Waals surface area contributed by atoms with Crippen LogP contribution >= 0.6 is 0 Å². The van der Waals surface area contributed by atoms with Gasteiger partial charge in [-0.05, 0) is 37.6 Å². The predicted molar refractivity (Wildman–Crippen MR) is 55.4 cm³/mol. The van der Waals surface area contributed by atoms with Gasteiger partial charge in [-0.2, -0.15) is 0 Å². The van der Waals surface area contributed by atoms with E-state index >= 15 is 0 Å². The van der Waals surface area contributed by atoms with Gasteiger partial charge in [0.15, 0.2) is 0 Å². The molecule has 0 aliphatic carbocycles. The largest absolute Gasteiger partial charge is 0.396 e. The fourth-order valence-corrected chi connectivity index (χ4v) is 1.28. The molecule has 0 atom stereocenters. The summed E-state index contributed by atoms with van der Waals surface area (Å²) in [7, 11) is 0. The Bertz CT molecular complexity index is 256. The zero-order valence-corrected chi connectivity index (χ0v) is 8.17. The molecular weight excluding hydrogens is 181 g/mol. The van der Waals surface area contributed by atoms with E-state index in [1.807, 2.05) is 6.20 Å². The first-order valence-corrected chi connectivity index (χ1v) is 4.87. The fraction of sp³-hybridized carbons (Fsp3) is 0.455. The maximum Gasteiger partial charge on any atom is 0.119 e. The summed E-state index contributed by atoms with van der Waals surface area (Å²) in [5.74, 6) is -0.191. The van der Waals surface area contributed by atoms with E-state index in [9.17, 15) is 4.39 Å². The average molecular weight is 197 g/mol. The van der Waals surface area contributed by atoms with Crippen LogP contribution in [0, 0.1) is 0 Å². The minimum atomic E-state index is -0.191. The first-order chi connectivity index (χ1) is 6.83. The van der Waals surface area contributed by atoms with Crippen molar-refractivity contribution in [1.82, 2.24) is 5.32 Å². The standard InChI is InChI=1S/C11H16FNO/c12-11-4-1-7-13-9-10(5-6-11)3-2-8-14/h1,4,6,9,13-14H,2-3,5,7-8H2/b4-1-,10-9-,11-6+. The molecule has 0 bridgehead atoms. The molecule has 3 heteroatoms. The molecule has 14 heavy (non-hydrogen) atoms. The van der Waals surface area contributed by atoms with Crippen LogP contribution in [0.25, 0.3) is 0 Å². The third-order valence-corrected chi connectivity index (χ3v) is 2.03. The molecule has 0 aromatic rings. The van der Waals surface area contributed by atoms with Crippen LogP contribution < -0.4 is 5.32 Å². The summed E-state index contributed by atoms with van der Waals surface area (Å²) in [6.45, 7) is 0.825. The van der Waals surface area contributed by atoms with Gasteiger partial charge in [0.05, 0.1) is 0 Å². The SMILES string of the molecule is OCCC/C1=C/NC/C=C\C(F)=C/C1. The van der Waals surface area contributed by atoms with Gasteiger partial charge in [-0.15, -0.1) is 0 Å². The highest BCUT2D eigenvalue weighted by Gasteiger charge is 1.98. The smallest absolute Gasteiger partial charge is 0.119 e. The van der Waals surface area contributed by atoms with E-state index < -0.39 is 0 Å². The Kier molecular flexibility index (Phi) is 5.00. The molecule has 0 saturated heterocycles. The second kappa shape index (κ2) is 6.38. The highest BCUT2D eigenvalue weighted by Crippen LogP contribution is 2.13. The van der Waals surface area contributed by atoms with Gasteiger partial charge in [0.25, 0.3) is 0 Å². The lowest BCUT2D eigenvalue weighted by atomic mass is 10.1. The van der Waals surface area contributed by atoms with E-state index in [-0.39, 0.29) is 12.4 Å². The van der Waals surface area contributed by atoms with Crippen LogP contribution in [0.5, 0.6) is 0 Å². The van der Waals surface area contributed by atoms with Gasteiger partial charge in [0.1, 0.15) is 5.83 Å². The Morgan fingerprint density at radius 2 is 2.36 bits per heavy atom. The fourth-order valence-electron chi connectivity index (χ4n) is 1.28. The minimum absolute atomic E-state index is 0.182. The zero-order valence-electron chi connectivity index (χ0n) is 8.17. The Morgan fingerprint density at radius 1 is 1.50 bits per heavy atom. The lowest BCUT2D eigenvalue weighted by Crippen LogP contribution is -2.05. The quantitative estimate of drug-likeness (QED) is 0.725. The molecule has 0 fully saturated rings. The molecule has 0 aromatic carbocycles. The monoisotopic (exact) mass is 197 g/mol. The molecule has 1 aliphatic rings. The van der Waals surface area contributed by atoms with Gasteiger partial charge in [-0.25, -0.2) is 4.39 Å². The summed E-state index contributed by atoms with van der Waals surface area (Å²) >= 11 is 0. The molecule has 0 saturated carbocycles. The van der Waals surface area contributed by atoms with Crippen molar-refractivity contribution in [1.29, 1.82) is 0 Å². The number of rotatable bonds is 3. The van der Waals surface area contributed by atoms with Gasteiger partial charge < -0.3 is 10.4 Å². The van der Waals surface area contributed by atoms with Crippen molar-refractivity contribution >= 4 is 0 Å². The van der Waals surface area contributed by atoms with Crippen LogP contribution in [-0.2, 0) is 0 Å². The first-order valence-electron chi connectivity index (χ1n) is 4.87. The van der Waals surface area contributed by atoms with Crippen LogP contribution in [0.15, 0.2) is 35.8 Å². The van der Waals surface area contributed by atoms with Gasteiger partial charge in [0.2, 0.25) is 0 Å². The van der Waals surface area contributed by atoms with Crippen LogP contribution in [0.4, 0.5) is 4.39 Å². The number of aliphatic hydroxyl groups is 1. The lowest BCUT2D eigenvalue weighted by Gasteiger charge is -2.03. The van der Waals surface area contributed by atoms with Crippen LogP contribution in [0.1, 0.15) is 19.3 Å². The van der Waals surface area contributed by atoms with Crippen molar-refractivity contribution < 1.29 is 9.50 Å². The average Bonchev–Trinajstić information content (AvgIpc) is 2.28. The van der Waals surface area contributed by atoms with Crippen molar-refractivity contribution in [2.45, 2.75) is 19.3 Å². The summed E-state index contributed by atoms with van der Waals surface area (Å²) in [6.07, 6.45) is 8.85. The normalized spacial score (nSPS) is 27.0. The molecule has 78 valence electrons. The van der Waals surface area contributed by atoms with Crippen molar-refractivity contribution in [3.05, 3.63) is 35.8 Å². The summed E-state index contributed by atoms with van der Waals surface area (Å²) in [6, 6.07) is 0. The number of nitrogens with one attached hydrogen (secondary N) is 1. The highest BCUT2D eigenvalue weighted by atomic mass is 19.1. The second-order valence-electron chi connectivity index (χ2n) is 3.23. The second-order valence-corrected chi connectivity index (χ2v) is 3.23. The molecular formula is C11H16FNO. The van der Waals surface area contributed by atoms with E-state index in [0.29, 0.717) is 13.0 Å². The minimum Gasteiger partial charge on any atom is -0.396 e. The molecule has 1 heterocycles. The summed E-state index contributed by atoms with van der Waals surface area (Å²) in [4.78, 5) is 0.